The molecule has 20 heavy (non-hydrogen) atoms. The topological polar surface area (TPSA) is 38.5 Å². The summed E-state index contributed by atoms with van der Waals surface area (Å²) in [5, 5.41) is 0. The fraction of sp³-hybridized carbons (Fsp3) is 0.600. The third-order valence-corrected chi connectivity index (χ3v) is 3.36. The summed E-state index contributed by atoms with van der Waals surface area (Å²) in [5.41, 5.74) is 6.91. The summed E-state index contributed by atoms with van der Waals surface area (Å²) in [6, 6.07) is 6.87. The lowest BCUT2D eigenvalue weighted by Gasteiger charge is -2.30. The van der Waals surface area contributed by atoms with Crippen LogP contribution in [0.15, 0.2) is 24.3 Å². The van der Waals surface area contributed by atoms with Gasteiger partial charge in [0.1, 0.15) is 5.75 Å². The Hall–Kier alpha value is -1.20. The lowest BCUT2D eigenvalue weighted by atomic mass is 10.0. The van der Waals surface area contributed by atoms with E-state index in [-0.39, 0.29) is 11.8 Å². The van der Waals surface area contributed by atoms with Gasteiger partial charge >= 0.3 is 6.61 Å². The van der Waals surface area contributed by atoms with Crippen LogP contribution in [-0.4, -0.2) is 31.1 Å². The number of ether oxygens (including phenoxy) is 1. The van der Waals surface area contributed by atoms with Crippen molar-refractivity contribution in [3.8, 4) is 5.75 Å². The molecule has 0 spiro atoms. The van der Waals surface area contributed by atoms with E-state index in [1.807, 2.05) is 12.1 Å². The van der Waals surface area contributed by atoms with Crippen LogP contribution in [0, 0.1) is 0 Å². The Bertz CT molecular complexity index is 371. The van der Waals surface area contributed by atoms with E-state index in [9.17, 15) is 8.78 Å². The van der Waals surface area contributed by atoms with Crippen molar-refractivity contribution in [3.05, 3.63) is 29.8 Å². The number of halogens is 2. The molecule has 0 amide bonds. The van der Waals surface area contributed by atoms with Crippen LogP contribution < -0.4 is 10.5 Å². The zero-order valence-electron chi connectivity index (χ0n) is 12.2. The molecule has 1 aromatic rings. The van der Waals surface area contributed by atoms with Gasteiger partial charge in [0.25, 0.3) is 0 Å². The first-order chi connectivity index (χ1) is 9.62. The Balaban J connectivity index is 2.77. The van der Waals surface area contributed by atoms with Gasteiger partial charge < -0.3 is 10.5 Å². The molecule has 3 nitrogen and oxygen atoms in total. The molecule has 5 heteroatoms. The first kappa shape index (κ1) is 16.9. The number of hydrogen-bond donors (Lipinski definition) is 1. The Kier molecular flexibility index (Phi) is 7.47. The fourth-order valence-corrected chi connectivity index (χ4v) is 2.26. The minimum atomic E-state index is -2.79. The van der Waals surface area contributed by atoms with Crippen molar-refractivity contribution in [2.24, 2.45) is 5.73 Å². The van der Waals surface area contributed by atoms with Crippen LogP contribution in [0.2, 0.25) is 0 Å². The summed E-state index contributed by atoms with van der Waals surface area (Å²) in [6.07, 6.45) is 2.26. The lowest BCUT2D eigenvalue weighted by molar-refractivity contribution is -0.0498. The Morgan fingerprint density at radius 3 is 2.30 bits per heavy atom. The molecule has 1 rings (SSSR count). The third-order valence-electron chi connectivity index (χ3n) is 3.36. The van der Waals surface area contributed by atoms with E-state index in [1.54, 1.807) is 12.1 Å². The van der Waals surface area contributed by atoms with Crippen molar-refractivity contribution in [3.63, 3.8) is 0 Å². The summed E-state index contributed by atoms with van der Waals surface area (Å²) < 4.78 is 28.6. The molecule has 1 atom stereocenters. The Labute approximate surface area is 119 Å². The number of nitrogens with zero attached hydrogens (tertiary/aromatic N) is 1. The molecule has 0 heterocycles. The molecule has 0 bridgehead atoms. The molecule has 0 aliphatic carbocycles. The molecule has 0 aliphatic rings. The highest BCUT2D eigenvalue weighted by molar-refractivity contribution is 5.29. The average molecular weight is 286 g/mol. The van der Waals surface area contributed by atoms with Gasteiger partial charge in [-0.05, 0) is 37.2 Å². The van der Waals surface area contributed by atoms with Crippen molar-refractivity contribution < 1.29 is 13.5 Å². The van der Waals surface area contributed by atoms with Gasteiger partial charge in [-0.25, -0.2) is 0 Å². The molecular weight excluding hydrogens is 262 g/mol. The minimum Gasteiger partial charge on any atom is -0.435 e. The number of alkyl halides is 2. The summed E-state index contributed by atoms with van der Waals surface area (Å²) in [6.45, 7) is 3.88. The molecule has 0 aliphatic heterocycles. The highest BCUT2D eigenvalue weighted by Gasteiger charge is 2.17. The molecule has 0 saturated carbocycles. The van der Waals surface area contributed by atoms with Crippen LogP contribution in [0.1, 0.15) is 38.3 Å². The van der Waals surface area contributed by atoms with Crippen molar-refractivity contribution >= 4 is 0 Å². The molecule has 0 radical (unpaired) electrons. The quantitative estimate of drug-likeness (QED) is 0.756. The van der Waals surface area contributed by atoms with Crippen LogP contribution in [0.4, 0.5) is 8.78 Å². The SMILES string of the molecule is CCCCN(CC)C(CN)c1ccc(OC(F)F)cc1. The van der Waals surface area contributed by atoms with Crippen LogP contribution >= 0.6 is 0 Å². The van der Waals surface area contributed by atoms with Gasteiger partial charge in [-0.3, -0.25) is 4.90 Å². The second kappa shape index (κ2) is 8.87. The molecular formula is C15H24F2N2O. The van der Waals surface area contributed by atoms with Gasteiger partial charge in [-0.2, -0.15) is 8.78 Å². The largest absolute Gasteiger partial charge is 0.435 e. The summed E-state index contributed by atoms with van der Waals surface area (Å²) >= 11 is 0. The van der Waals surface area contributed by atoms with E-state index in [2.05, 4.69) is 23.5 Å². The Morgan fingerprint density at radius 2 is 1.85 bits per heavy atom. The third kappa shape index (κ3) is 5.06. The van der Waals surface area contributed by atoms with Gasteiger partial charge in [0.2, 0.25) is 0 Å². The maximum absolute atomic E-state index is 12.1. The van der Waals surface area contributed by atoms with Gasteiger partial charge in [0, 0.05) is 12.6 Å². The van der Waals surface area contributed by atoms with E-state index < -0.39 is 6.61 Å². The van der Waals surface area contributed by atoms with Crippen molar-refractivity contribution in [1.82, 2.24) is 4.90 Å². The van der Waals surface area contributed by atoms with E-state index in [0.717, 1.165) is 31.5 Å². The standard InChI is InChI=1S/C15H24F2N2O/c1-3-5-10-19(4-2)14(11-18)12-6-8-13(9-7-12)20-15(16)17/h6-9,14-15H,3-5,10-11,18H2,1-2H3. The van der Waals surface area contributed by atoms with Crippen LogP contribution in [-0.2, 0) is 0 Å². The zero-order chi connectivity index (χ0) is 15.0. The summed E-state index contributed by atoms with van der Waals surface area (Å²) in [5.74, 6) is 0.177. The van der Waals surface area contributed by atoms with E-state index in [1.165, 1.54) is 0 Å². The molecule has 0 saturated heterocycles. The molecule has 0 aromatic heterocycles. The number of rotatable bonds is 9. The average Bonchev–Trinajstić information content (AvgIpc) is 2.44. The van der Waals surface area contributed by atoms with Crippen LogP contribution in [0.25, 0.3) is 0 Å². The predicted molar refractivity (Wildman–Crippen MR) is 77.0 cm³/mol. The second-order valence-corrected chi connectivity index (χ2v) is 4.68. The first-order valence-corrected chi connectivity index (χ1v) is 7.11. The predicted octanol–water partition coefficient (Wildman–Crippen LogP) is 3.41. The number of nitrogens with two attached hydrogens (primary N) is 1. The normalized spacial score (nSPS) is 12.9. The second-order valence-electron chi connectivity index (χ2n) is 4.68. The van der Waals surface area contributed by atoms with Crippen molar-refractivity contribution in [2.75, 3.05) is 19.6 Å². The number of benzene rings is 1. The molecule has 1 unspecified atom stereocenters. The van der Waals surface area contributed by atoms with Gasteiger partial charge in [-0.15, -0.1) is 0 Å². The lowest BCUT2D eigenvalue weighted by Crippen LogP contribution is -2.34. The van der Waals surface area contributed by atoms with E-state index in [0.29, 0.717) is 6.54 Å². The minimum absolute atomic E-state index is 0.118. The van der Waals surface area contributed by atoms with Gasteiger partial charge in [-0.1, -0.05) is 32.4 Å². The first-order valence-electron chi connectivity index (χ1n) is 7.11. The van der Waals surface area contributed by atoms with Gasteiger partial charge in [0.05, 0.1) is 0 Å². The molecule has 114 valence electrons. The summed E-state index contributed by atoms with van der Waals surface area (Å²) in [7, 11) is 0. The van der Waals surface area contributed by atoms with Crippen LogP contribution in [0.3, 0.4) is 0 Å². The highest BCUT2D eigenvalue weighted by atomic mass is 19.3. The highest BCUT2D eigenvalue weighted by Crippen LogP contribution is 2.23. The van der Waals surface area contributed by atoms with E-state index in [4.69, 9.17) is 5.73 Å². The monoisotopic (exact) mass is 286 g/mol. The van der Waals surface area contributed by atoms with E-state index >= 15 is 0 Å². The number of unbranched alkanes of at least 4 members (excludes halogenated alkanes) is 1. The van der Waals surface area contributed by atoms with Crippen molar-refractivity contribution in [1.29, 1.82) is 0 Å². The molecule has 2 N–H and O–H groups in total. The maximum atomic E-state index is 12.1. The number of likely N-dealkylation sites (N-methyl/N-ethyl adjacent to an activating group) is 1. The zero-order valence-corrected chi connectivity index (χ0v) is 12.2. The summed E-state index contributed by atoms with van der Waals surface area (Å²) in [4.78, 5) is 2.31. The van der Waals surface area contributed by atoms with Crippen LogP contribution in [0.5, 0.6) is 5.75 Å². The maximum Gasteiger partial charge on any atom is 0.387 e. The molecule has 1 aromatic carbocycles. The number of hydrogen-bond acceptors (Lipinski definition) is 3. The smallest absolute Gasteiger partial charge is 0.387 e. The van der Waals surface area contributed by atoms with Crippen molar-refractivity contribution in [2.45, 2.75) is 39.3 Å². The Morgan fingerprint density at radius 1 is 1.20 bits per heavy atom. The van der Waals surface area contributed by atoms with Gasteiger partial charge in [0.15, 0.2) is 0 Å². The molecule has 0 fully saturated rings. The fourth-order valence-electron chi connectivity index (χ4n) is 2.26.